The van der Waals surface area contributed by atoms with E-state index in [0.717, 1.165) is 24.8 Å². The summed E-state index contributed by atoms with van der Waals surface area (Å²) >= 11 is 5.99. The number of hydrogen-bond donors (Lipinski definition) is 0. The molecule has 0 unspecified atom stereocenters. The molecule has 76 valence electrons. The van der Waals surface area contributed by atoms with E-state index in [1.807, 2.05) is 0 Å². The van der Waals surface area contributed by atoms with Crippen LogP contribution < -0.4 is 4.90 Å². The predicted octanol–water partition coefficient (Wildman–Crippen LogP) is 2.37. The van der Waals surface area contributed by atoms with Crippen LogP contribution in [0, 0.1) is 5.92 Å². The highest BCUT2D eigenvalue weighted by Gasteiger charge is 2.25. The van der Waals surface area contributed by atoms with Crippen molar-refractivity contribution in [3.05, 3.63) is 17.5 Å². The molecule has 0 spiro atoms. The Bertz CT molecular complexity index is 312. The Morgan fingerprint density at radius 3 is 2.71 bits per heavy atom. The third-order valence-electron chi connectivity index (χ3n) is 2.49. The van der Waals surface area contributed by atoms with Crippen LogP contribution in [-0.2, 0) is 0 Å². The van der Waals surface area contributed by atoms with Gasteiger partial charge in [-0.2, -0.15) is 0 Å². The van der Waals surface area contributed by atoms with Gasteiger partial charge in [-0.05, 0) is 25.7 Å². The Labute approximate surface area is 89.1 Å². The summed E-state index contributed by atoms with van der Waals surface area (Å²) in [6, 6.07) is 0. The summed E-state index contributed by atoms with van der Waals surface area (Å²) in [6.45, 7) is 4.12. The molecule has 1 aliphatic carbocycles. The Hall–Kier alpha value is -0.830. The first kappa shape index (κ1) is 9.71. The lowest BCUT2D eigenvalue weighted by atomic mass is 10.3. The smallest absolute Gasteiger partial charge is 0.171 e. The maximum atomic E-state index is 5.99. The zero-order valence-corrected chi connectivity index (χ0v) is 9.04. The van der Waals surface area contributed by atoms with Gasteiger partial charge in [-0.25, -0.2) is 9.97 Å². The van der Waals surface area contributed by atoms with Gasteiger partial charge in [0.05, 0.1) is 0 Å². The molecule has 1 fully saturated rings. The molecule has 1 heterocycles. The lowest BCUT2D eigenvalue weighted by molar-refractivity contribution is 0.730. The Morgan fingerprint density at radius 1 is 1.43 bits per heavy atom. The van der Waals surface area contributed by atoms with Crippen molar-refractivity contribution >= 4 is 17.4 Å². The molecule has 0 aliphatic heterocycles. The molecule has 0 radical (unpaired) electrons. The van der Waals surface area contributed by atoms with Crippen molar-refractivity contribution in [1.29, 1.82) is 0 Å². The molecule has 0 amide bonds. The Kier molecular flexibility index (Phi) is 2.87. The first-order valence-electron chi connectivity index (χ1n) is 5.02. The van der Waals surface area contributed by atoms with Crippen molar-refractivity contribution in [3.8, 4) is 0 Å². The topological polar surface area (TPSA) is 29.0 Å². The summed E-state index contributed by atoms with van der Waals surface area (Å²) in [7, 11) is 0. The molecule has 1 aliphatic rings. The monoisotopic (exact) mass is 211 g/mol. The van der Waals surface area contributed by atoms with Crippen molar-refractivity contribution in [2.24, 2.45) is 5.92 Å². The molecular formula is C10H14ClN3. The van der Waals surface area contributed by atoms with Crippen LogP contribution >= 0.6 is 11.6 Å². The molecule has 1 aromatic heterocycles. The van der Waals surface area contributed by atoms with Gasteiger partial charge >= 0.3 is 0 Å². The minimum absolute atomic E-state index is 0.509. The molecule has 4 heteroatoms. The third-order valence-corrected chi connectivity index (χ3v) is 2.76. The van der Waals surface area contributed by atoms with Gasteiger partial charge < -0.3 is 4.90 Å². The average molecular weight is 212 g/mol. The van der Waals surface area contributed by atoms with Gasteiger partial charge in [0.2, 0.25) is 0 Å². The van der Waals surface area contributed by atoms with Crippen LogP contribution in [0.25, 0.3) is 0 Å². The standard InChI is InChI=1S/C10H14ClN3/c1-2-14(7-8-3-4-8)10-9(11)12-5-6-13-10/h5-6,8H,2-4,7H2,1H3. The van der Waals surface area contributed by atoms with E-state index < -0.39 is 0 Å². The summed E-state index contributed by atoms with van der Waals surface area (Å²) in [5, 5.41) is 0.509. The lowest BCUT2D eigenvalue weighted by Gasteiger charge is -2.21. The van der Waals surface area contributed by atoms with E-state index >= 15 is 0 Å². The highest BCUT2D eigenvalue weighted by Crippen LogP contribution is 2.32. The zero-order chi connectivity index (χ0) is 9.97. The minimum Gasteiger partial charge on any atom is -0.354 e. The molecule has 0 N–H and O–H groups in total. The summed E-state index contributed by atoms with van der Waals surface area (Å²) in [6.07, 6.45) is 6.00. The number of aromatic nitrogens is 2. The van der Waals surface area contributed by atoms with Crippen molar-refractivity contribution in [2.45, 2.75) is 19.8 Å². The zero-order valence-electron chi connectivity index (χ0n) is 8.28. The minimum atomic E-state index is 0.509. The second-order valence-electron chi connectivity index (χ2n) is 3.65. The molecule has 1 aromatic rings. The van der Waals surface area contributed by atoms with E-state index in [1.54, 1.807) is 12.4 Å². The maximum Gasteiger partial charge on any atom is 0.171 e. The highest BCUT2D eigenvalue weighted by molar-refractivity contribution is 6.31. The summed E-state index contributed by atoms with van der Waals surface area (Å²) in [5.74, 6) is 1.66. The molecule has 0 atom stereocenters. The Balaban J connectivity index is 2.12. The van der Waals surface area contributed by atoms with Gasteiger partial charge in [-0.15, -0.1) is 0 Å². The van der Waals surface area contributed by atoms with Gasteiger partial charge in [-0.3, -0.25) is 0 Å². The number of hydrogen-bond acceptors (Lipinski definition) is 3. The first-order valence-corrected chi connectivity index (χ1v) is 5.40. The maximum absolute atomic E-state index is 5.99. The summed E-state index contributed by atoms with van der Waals surface area (Å²) < 4.78 is 0. The van der Waals surface area contributed by atoms with Crippen LogP contribution in [-0.4, -0.2) is 23.1 Å². The molecule has 2 rings (SSSR count). The van der Waals surface area contributed by atoms with Gasteiger partial charge in [0.15, 0.2) is 11.0 Å². The van der Waals surface area contributed by atoms with Crippen molar-refractivity contribution in [1.82, 2.24) is 9.97 Å². The molecule has 0 saturated heterocycles. The van der Waals surface area contributed by atoms with E-state index in [4.69, 9.17) is 11.6 Å². The normalized spacial score (nSPS) is 15.6. The molecule has 0 bridgehead atoms. The van der Waals surface area contributed by atoms with Gasteiger partial charge in [0.25, 0.3) is 0 Å². The molecule has 3 nitrogen and oxygen atoms in total. The van der Waals surface area contributed by atoms with E-state index in [-0.39, 0.29) is 0 Å². The van der Waals surface area contributed by atoms with Crippen LogP contribution in [0.5, 0.6) is 0 Å². The van der Waals surface area contributed by atoms with Gasteiger partial charge in [0, 0.05) is 25.5 Å². The van der Waals surface area contributed by atoms with E-state index in [1.165, 1.54) is 12.8 Å². The van der Waals surface area contributed by atoms with Crippen LogP contribution in [0.3, 0.4) is 0 Å². The average Bonchev–Trinajstić information content (AvgIpc) is 2.99. The third kappa shape index (κ3) is 2.15. The fourth-order valence-electron chi connectivity index (χ4n) is 1.50. The lowest BCUT2D eigenvalue weighted by Crippen LogP contribution is -2.26. The molecule has 1 saturated carbocycles. The summed E-state index contributed by atoms with van der Waals surface area (Å²) in [4.78, 5) is 10.5. The fourth-order valence-corrected chi connectivity index (χ4v) is 1.73. The molecule has 0 aromatic carbocycles. The molecule has 14 heavy (non-hydrogen) atoms. The van der Waals surface area contributed by atoms with Crippen LogP contribution in [0.2, 0.25) is 5.15 Å². The number of anilines is 1. The van der Waals surface area contributed by atoms with E-state index in [0.29, 0.717) is 5.15 Å². The van der Waals surface area contributed by atoms with Gasteiger partial charge in [0.1, 0.15) is 0 Å². The van der Waals surface area contributed by atoms with E-state index in [2.05, 4.69) is 21.8 Å². The summed E-state index contributed by atoms with van der Waals surface area (Å²) in [5.41, 5.74) is 0. The highest BCUT2D eigenvalue weighted by atomic mass is 35.5. The number of rotatable bonds is 4. The van der Waals surface area contributed by atoms with Crippen LogP contribution in [0.1, 0.15) is 19.8 Å². The number of halogens is 1. The van der Waals surface area contributed by atoms with Gasteiger partial charge in [-0.1, -0.05) is 11.6 Å². The van der Waals surface area contributed by atoms with Crippen molar-refractivity contribution in [2.75, 3.05) is 18.0 Å². The van der Waals surface area contributed by atoms with Crippen molar-refractivity contribution < 1.29 is 0 Å². The second kappa shape index (κ2) is 4.13. The fraction of sp³-hybridized carbons (Fsp3) is 0.600. The number of nitrogens with zero attached hydrogens (tertiary/aromatic N) is 3. The first-order chi connectivity index (χ1) is 6.81. The quantitative estimate of drug-likeness (QED) is 0.766. The predicted molar refractivity (Wildman–Crippen MR) is 57.7 cm³/mol. The van der Waals surface area contributed by atoms with Crippen molar-refractivity contribution in [3.63, 3.8) is 0 Å². The Morgan fingerprint density at radius 2 is 2.14 bits per heavy atom. The SMILES string of the molecule is CCN(CC1CC1)c1nccnc1Cl. The molecular weight excluding hydrogens is 198 g/mol. The van der Waals surface area contributed by atoms with Crippen LogP contribution in [0.15, 0.2) is 12.4 Å². The van der Waals surface area contributed by atoms with Crippen LogP contribution in [0.4, 0.5) is 5.82 Å². The second-order valence-corrected chi connectivity index (χ2v) is 4.01. The largest absolute Gasteiger partial charge is 0.354 e. The van der Waals surface area contributed by atoms with E-state index in [9.17, 15) is 0 Å².